The van der Waals surface area contributed by atoms with Gasteiger partial charge in [-0.15, -0.1) is 0 Å². The Morgan fingerprint density at radius 3 is 2.61 bits per heavy atom. The molecular formula is C16H18N4O2S. The van der Waals surface area contributed by atoms with Crippen LogP contribution in [-0.4, -0.2) is 13.4 Å². The molecule has 1 aromatic carbocycles. The highest BCUT2D eigenvalue weighted by Crippen LogP contribution is 2.24. The zero-order chi connectivity index (χ0) is 17.2. The number of primary sulfonamides is 1. The van der Waals surface area contributed by atoms with E-state index in [1.807, 2.05) is 26.8 Å². The second-order valence-corrected chi connectivity index (χ2v) is 6.96. The molecule has 0 fully saturated rings. The first-order chi connectivity index (χ1) is 10.7. The predicted molar refractivity (Wildman–Crippen MR) is 88.3 cm³/mol. The second-order valence-electron chi connectivity index (χ2n) is 5.40. The highest BCUT2D eigenvalue weighted by atomic mass is 32.2. The average Bonchev–Trinajstić information content (AvgIpc) is 2.46. The molecule has 0 saturated heterocycles. The molecule has 7 heteroatoms. The molecule has 0 radical (unpaired) electrons. The van der Waals surface area contributed by atoms with E-state index >= 15 is 0 Å². The van der Waals surface area contributed by atoms with Gasteiger partial charge in [0.05, 0.1) is 16.5 Å². The molecule has 0 bridgehead atoms. The third kappa shape index (κ3) is 3.86. The molecule has 0 spiro atoms. The van der Waals surface area contributed by atoms with Crippen LogP contribution in [0.15, 0.2) is 35.2 Å². The Balaban J connectivity index is 2.37. The molecule has 0 unspecified atom stereocenters. The van der Waals surface area contributed by atoms with Gasteiger partial charge in [-0.1, -0.05) is 12.1 Å². The van der Waals surface area contributed by atoms with Crippen LogP contribution in [0.3, 0.4) is 0 Å². The van der Waals surface area contributed by atoms with Gasteiger partial charge in [-0.25, -0.2) is 18.5 Å². The summed E-state index contributed by atoms with van der Waals surface area (Å²) in [4.78, 5) is 4.42. The van der Waals surface area contributed by atoms with Gasteiger partial charge in [-0.3, -0.25) is 0 Å². The van der Waals surface area contributed by atoms with Crippen molar-refractivity contribution in [3.63, 3.8) is 0 Å². The summed E-state index contributed by atoms with van der Waals surface area (Å²) >= 11 is 0. The molecule has 3 N–H and O–H groups in total. The third-order valence-electron chi connectivity index (χ3n) is 3.50. The molecule has 1 aromatic heterocycles. The number of nitrogens with one attached hydrogen (secondary N) is 1. The van der Waals surface area contributed by atoms with Crippen molar-refractivity contribution in [2.24, 2.45) is 5.14 Å². The van der Waals surface area contributed by atoms with Crippen LogP contribution in [0.25, 0.3) is 0 Å². The molecule has 1 atom stereocenters. The highest BCUT2D eigenvalue weighted by Gasteiger charge is 2.15. The molecule has 6 nitrogen and oxygen atoms in total. The van der Waals surface area contributed by atoms with E-state index in [2.05, 4.69) is 16.4 Å². The molecule has 23 heavy (non-hydrogen) atoms. The third-order valence-corrected chi connectivity index (χ3v) is 4.41. The summed E-state index contributed by atoms with van der Waals surface area (Å²) in [5, 5.41) is 17.6. The van der Waals surface area contributed by atoms with Crippen LogP contribution in [0.5, 0.6) is 0 Å². The lowest BCUT2D eigenvalue weighted by atomic mass is 10.1. The molecule has 0 amide bonds. The van der Waals surface area contributed by atoms with Crippen molar-refractivity contribution in [1.29, 1.82) is 5.26 Å². The number of benzene rings is 1. The maximum Gasteiger partial charge on any atom is 0.238 e. The van der Waals surface area contributed by atoms with Crippen LogP contribution >= 0.6 is 0 Å². The zero-order valence-electron chi connectivity index (χ0n) is 13.2. The van der Waals surface area contributed by atoms with Gasteiger partial charge in [-0.2, -0.15) is 5.26 Å². The van der Waals surface area contributed by atoms with Crippen LogP contribution in [0.2, 0.25) is 0 Å². The normalized spacial score (nSPS) is 12.5. The highest BCUT2D eigenvalue weighted by molar-refractivity contribution is 7.89. The monoisotopic (exact) mass is 330 g/mol. The van der Waals surface area contributed by atoms with Crippen LogP contribution in [0, 0.1) is 25.2 Å². The SMILES string of the molecule is Cc1cc(C)c(C#N)c(N[C@H](C)c2cccc(S(N)(=O)=O)c2)n1. The Morgan fingerprint density at radius 2 is 2.00 bits per heavy atom. The number of nitrogens with two attached hydrogens (primary N) is 1. The van der Waals surface area contributed by atoms with E-state index < -0.39 is 10.0 Å². The van der Waals surface area contributed by atoms with Crippen LogP contribution < -0.4 is 10.5 Å². The van der Waals surface area contributed by atoms with Crippen molar-refractivity contribution in [3.8, 4) is 6.07 Å². The van der Waals surface area contributed by atoms with Gasteiger partial charge in [0.15, 0.2) is 0 Å². The van der Waals surface area contributed by atoms with E-state index in [9.17, 15) is 13.7 Å². The first-order valence-electron chi connectivity index (χ1n) is 7.00. The number of nitrogens with zero attached hydrogens (tertiary/aromatic N) is 2. The fourth-order valence-corrected chi connectivity index (χ4v) is 2.90. The molecule has 0 saturated carbocycles. The summed E-state index contributed by atoms with van der Waals surface area (Å²) in [5.41, 5.74) is 2.86. The van der Waals surface area contributed by atoms with Gasteiger partial charge in [-0.05, 0) is 50.1 Å². The van der Waals surface area contributed by atoms with Crippen LogP contribution in [0.1, 0.15) is 35.3 Å². The van der Waals surface area contributed by atoms with Gasteiger partial charge in [0.1, 0.15) is 11.9 Å². The summed E-state index contributed by atoms with van der Waals surface area (Å²) in [6.45, 7) is 5.57. The summed E-state index contributed by atoms with van der Waals surface area (Å²) in [7, 11) is -3.75. The average molecular weight is 330 g/mol. The van der Waals surface area contributed by atoms with E-state index in [-0.39, 0.29) is 10.9 Å². The van der Waals surface area contributed by atoms with Gasteiger partial charge in [0.25, 0.3) is 0 Å². The number of aromatic nitrogens is 1. The minimum absolute atomic E-state index is 0.0533. The first-order valence-corrected chi connectivity index (χ1v) is 8.54. The van der Waals surface area contributed by atoms with Gasteiger partial charge >= 0.3 is 0 Å². The zero-order valence-corrected chi connectivity index (χ0v) is 14.0. The van der Waals surface area contributed by atoms with E-state index in [4.69, 9.17) is 5.14 Å². The van der Waals surface area contributed by atoms with E-state index in [1.54, 1.807) is 12.1 Å². The number of hydrogen-bond donors (Lipinski definition) is 2. The number of pyridine rings is 1. The Labute approximate surface area is 136 Å². The standard InChI is InChI=1S/C16H18N4O2S/c1-10-7-11(2)19-16(15(10)9-17)20-12(3)13-5-4-6-14(8-13)23(18,21)22/h4-8,12H,1-3H3,(H,19,20)(H2,18,21,22)/t12-/m1/s1. The maximum absolute atomic E-state index is 11.5. The van der Waals surface area contributed by atoms with Crippen molar-refractivity contribution < 1.29 is 8.42 Å². The van der Waals surface area contributed by atoms with Gasteiger partial charge in [0, 0.05) is 5.69 Å². The molecule has 0 aliphatic carbocycles. The Morgan fingerprint density at radius 1 is 1.30 bits per heavy atom. The number of rotatable bonds is 4. The largest absolute Gasteiger partial charge is 0.362 e. The van der Waals surface area contributed by atoms with Crippen molar-refractivity contribution in [1.82, 2.24) is 4.98 Å². The summed E-state index contributed by atoms with van der Waals surface area (Å²) in [5.74, 6) is 0.485. The molecule has 0 aliphatic rings. The van der Waals surface area contributed by atoms with Crippen molar-refractivity contribution in [2.75, 3.05) is 5.32 Å². The summed E-state index contributed by atoms with van der Waals surface area (Å²) < 4.78 is 22.9. The topological polar surface area (TPSA) is 109 Å². The maximum atomic E-state index is 11.5. The quantitative estimate of drug-likeness (QED) is 0.894. The Bertz CT molecular complexity index is 885. The number of sulfonamides is 1. The first kappa shape index (κ1) is 16.9. The number of nitriles is 1. The van der Waals surface area contributed by atoms with Crippen LogP contribution in [0.4, 0.5) is 5.82 Å². The molecule has 1 heterocycles. The fraction of sp³-hybridized carbons (Fsp3) is 0.250. The molecule has 120 valence electrons. The van der Waals surface area contributed by atoms with Crippen molar-refractivity contribution in [2.45, 2.75) is 31.7 Å². The summed E-state index contributed by atoms with van der Waals surface area (Å²) in [6.07, 6.45) is 0. The van der Waals surface area contributed by atoms with Crippen molar-refractivity contribution >= 4 is 15.8 Å². The molecule has 0 aliphatic heterocycles. The fourth-order valence-electron chi connectivity index (χ4n) is 2.33. The number of anilines is 1. The van der Waals surface area contributed by atoms with E-state index in [0.29, 0.717) is 11.4 Å². The van der Waals surface area contributed by atoms with Crippen LogP contribution in [-0.2, 0) is 10.0 Å². The summed E-state index contributed by atoms with van der Waals surface area (Å²) in [6, 6.07) is 10.1. The van der Waals surface area contributed by atoms with Crippen molar-refractivity contribution in [3.05, 3.63) is 52.7 Å². The molecular weight excluding hydrogens is 312 g/mol. The lowest BCUT2D eigenvalue weighted by molar-refractivity contribution is 0.597. The molecule has 2 aromatic rings. The second kappa shape index (κ2) is 6.36. The minimum Gasteiger partial charge on any atom is -0.362 e. The number of hydrogen-bond acceptors (Lipinski definition) is 5. The lowest BCUT2D eigenvalue weighted by Gasteiger charge is -2.17. The Kier molecular flexibility index (Phi) is 4.68. The molecule has 2 rings (SSSR count). The van der Waals surface area contributed by atoms with Gasteiger partial charge in [0.2, 0.25) is 10.0 Å². The lowest BCUT2D eigenvalue weighted by Crippen LogP contribution is -2.14. The van der Waals surface area contributed by atoms with Gasteiger partial charge < -0.3 is 5.32 Å². The minimum atomic E-state index is -3.75. The Hall–Kier alpha value is -2.43. The smallest absolute Gasteiger partial charge is 0.238 e. The van der Waals surface area contributed by atoms with E-state index in [0.717, 1.165) is 16.8 Å². The number of aryl methyl sites for hydroxylation is 2. The predicted octanol–water partition coefficient (Wildman–Crippen LogP) is 2.39. The van der Waals surface area contributed by atoms with E-state index in [1.165, 1.54) is 12.1 Å².